The van der Waals surface area contributed by atoms with Crippen molar-refractivity contribution in [1.29, 1.82) is 0 Å². The monoisotopic (exact) mass is 267 g/mol. The number of amides is 1. The lowest BCUT2D eigenvalue weighted by Gasteiger charge is -2.19. The maximum absolute atomic E-state index is 11.9. The molecular formula is C13H21N3OS. The second kappa shape index (κ2) is 6.85. The van der Waals surface area contributed by atoms with E-state index in [2.05, 4.69) is 15.2 Å². The highest BCUT2D eigenvalue weighted by Gasteiger charge is 2.12. The van der Waals surface area contributed by atoms with E-state index in [0.29, 0.717) is 0 Å². The summed E-state index contributed by atoms with van der Waals surface area (Å²) in [5, 5.41) is 2.98. The number of aryl methyl sites for hydroxylation is 1. The summed E-state index contributed by atoms with van der Waals surface area (Å²) < 4.78 is 0. The first kappa shape index (κ1) is 13.5. The van der Waals surface area contributed by atoms with Crippen LogP contribution in [0.1, 0.15) is 41.0 Å². The highest BCUT2D eigenvalue weighted by Crippen LogP contribution is 2.11. The van der Waals surface area contributed by atoms with Gasteiger partial charge in [0.05, 0.1) is 11.2 Å². The molecule has 1 aromatic heterocycles. The van der Waals surface area contributed by atoms with Crippen molar-refractivity contribution in [1.82, 2.24) is 15.2 Å². The van der Waals surface area contributed by atoms with E-state index in [4.69, 9.17) is 0 Å². The number of aromatic nitrogens is 1. The van der Waals surface area contributed by atoms with Gasteiger partial charge in [-0.2, -0.15) is 0 Å². The second-order valence-electron chi connectivity index (χ2n) is 4.78. The third-order valence-corrected chi connectivity index (χ3v) is 4.29. The van der Waals surface area contributed by atoms with E-state index in [0.717, 1.165) is 23.7 Å². The Kier molecular flexibility index (Phi) is 5.13. The highest BCUT2D eigenvalue weighted by molar-refractivity contribution is 7.11. The Morgan fingerprint density at radius 3 is 2.72 bits per heavy atom. The van der Waals surface area contributed by atoms with E-state index < -0.39 is 0 Å². The van der Waals surface area contributed by atoms with E-state index in [9.17, 15) is 4.79 Å². The van der Waals surface area contributed by atoms with Gasteiger partial charge < -0.3 is 10.2 Å². The Labute approximate surface area is 112 Å². The van der Waals surface area contributed by atoms with Gasteiger partial charge in [-0.15, -0.1) is 11.3 Å². The Balaban J connectivity index is 1.71. The van der Waals surface area contributed by atoms with Crippen LogP contribution in [0.4, 0.5) is 0 Å². The van der Waals surface area contributed by atoms with Crippen molar-refractivity contribution in [2.45, 2.75) is 32.6 Å². The zero-order valence-electron chi connectivity index (χ0n) is 10.9. The average molecular weight is 267 g/mol. The topological polar surface area (TPSA) is 45.2 Å². The molecule has 100 valence electrons. The van der Waals surface area contributed by atoms with Gasteiger partial charge in [0.15, 0.2) is 0 Å². The van der Waals surface area contributed by atoms with Crippen LogP contribution in [0.25, 0.3) is 0 Å². The van der Waals surface area contributed by atoms with Crippen LogP contribution in [-0.2, 0) is 0 Å². The number of hydrogen-bond donors (Lipinski definition) is 1. The van der Waals surface area contributed by atoms with E-state index in [1.165, 1.54) is 50.1 Å². The van der Waals surface area contributed by atoms with Crippen LogP contribution in [0.2, 0.25) is 0 Å². The van der Waals surface area contributed by atoms with Crippen LogP contribution in [0, 0.1) is 6.92 Å². The number of nitrogens with zero attached hydrogens (tertiary/aromatic N) is 2. The molecule has 2 heterocycles. The largest absolute Gasteiger partial charge is 0.350 e. The molecule has 1 aliphatic heterocycles. The second-order valence-corrected chi connectivity index (χ2v) is 5.63. The van der Waals surface area contributed by atoms with Crippen molar-refractivity contribution in [2.75, 3.05) is 26.2 Å². The fourth-order valence-corrected chi connectivity index (χ4v) is 3.01. The van der Waals surface area contributed by atoms with Crippen molar-refractivity contribution in [2.24, 2.45) is 0 Å². The lowest BCUT2D eigenvalue weighted by Crippen LogP contribution is -2.35. The molecule has 1 N–H and O–H groups in total. The molecule has 0 spiro atoms. The maximum atomic E-state index is 11.9. The zero-order valence-corrected chi connectivity index (χ0v) is 11.8. The third kappa shape index (κ3) is 3.78. The summed E-state index contributed by atoms with van der Waals surface area (Å²) >= 11 is 1.41. The molecule has 0 radical (unpaired) electrons. The number of likely N-dealkylation sites (tertiary alicyclic amines) is 1. The van der Waals surface area contributed by atoms with Gasteiger partial charge >= 0.3 is 0 Å². The van der Waals surface area contributed by atoms with Crippen molar-refractivity contribution in [3.8, 4) is 0 Å². The molecule has 1 saturated heterocycles. The molecule has 0 aromatic carbocycles. The normalized spacial score (nSPS) is 17.4. The molecule has 1 aliphatic rings. The molecule has 5 heteroatoms. The van der Waals surface area contributed by atoms with Gasteiger partial charge in [-0.1, -0.05) is 12.8 Å². The van der Waals surface area contributed by atoms with Gasteiger partial charge in [-0.3, -0.25) is 4.79 Å². The quantitative estimate of drug-likeness (QED) is 0.908. The van der Waals surface area contributed by atoms with Crippen LogP contribution >= 0.6 is 11.3 Å². The molecule has 0 aliphatic carbocycles. The number of carbonyl (C=O) groups is 1. The van der Waals surface area contributed by atoms with E-state index in [-0.39, 0.29) is 5.91 Å². The van der Waals surface area contributed by atoms with Gasteiger partial charge in [0.25, 0.3) is 5.91 Å². The van der Waals surface area contributed by atoms with Crippen LogP contribution in [-0.4, -0.2) is 42.0 Å². The molecule has 18 heavy (non-hydrogen) atoms. The molecule has 0 bridgehead atoms. The summed E-state index contributed by atoms with van der Waals surface area (Å²) in [6.07, 6.45) is 5.29. The van der Waals surface area contributed by atoms with E-state index >= 15 is 0 Å². The minimum atomic E-state index is 0.0184. The Morgan fingerprint density at radius 2 is 2.11 bits per heavy atom. The van der Waals surface area contributed by atoms with Gasteiger partial charge in [0, 0.05) is 13.1 Å². The maximum Gasteiger partial charge on any atom is 0.263 e. The molecular weight excluding hydrogens is 246 g/mol. The minimum absolute atomic E-state index is 0.0184. The van der Waals surface area contributed by atoms with E-state index in [1.807, 2.05) is 6.92 Å². The fourth-order valence-electron chi connectivity index (χ4n) is 2.29. The Bertz CT molecular complexity index is 383. The highest BCUT2D eigenvalue weighted by atomic mass is 32.1. The van der Waals surface area contributed by atoms with Gasteiger partial charge in [0.2, 0.25) is 0 Å². The summed E-state index contributed by atoms with van der Waals surface area (Å²) in [6.45, 7) is 5.92. The predicted octanol–water partition coefficient (Wildman–Crippen LogP) is 2.06. The SMILES string of the molecule is Cc1ncsc1C(=O)NCCN1CCCCCC1. The minimum Gasteiger partial charge on any atom is -0.350 e. The van der Waals surface area contributed by atoms with E-state index in [1.54, 1.807) is 5.51 Å². The van der Waals surface area contributed by atoms with Crippen molar-refractivity contribution >= 4 is 17.2 Å². The van der Waals surface area contributed by atoms with Gasteiger partial charge in [0.1, 0.15) is 4.88 Å². The van der Waals surface area contributed by atoms with Crippen LogP contribution in [0.5, 0.6) is 0 Å². The lowest BCUT2D eigenvalue weighted by atomic mass is 10.2. The first-order valence-corrected chi connectivity index (χ1v) is 7.56. The molecule has 0 saturated carbocycles. The number of rotatable bonds is 4. The first-order chi connectivity index (χ1) is 8.77. The van der Waals surface area contributed by atoms with Crippen LogP contribution in [0.3, 0.4) is 0 Å². The molecule has 1 aromatic rings. The van der Waals surface area contributed by atoms with Crippen molar-refractivity contribution in [3.05, 3.63) is 16.1 Å². The molecule has 4 nitrogen and oxygen atoms in total. The summed E-state index contributed by atoms with van der Waals surface area (Å²) in [6, 6.07) is 0. The van der Waals surface area contributed by atoms with Gasteiger partial charge in [-0.25, -0.2) is 4.98 Å². The third-order valence-electron chi connectivity index (χ3n) is 3.36. The fraction of sp³-hybridized carbons (Fsp3) is 0.692. The molecule has 1 amide bonds. The van der Waals surface area contributed by atoms with Gasteiger partial charge in [-0.05, 0) is 32.9 Å². The molecule has 0 atom stereocenters. The number of hydrogen-bond acceptors (Lipinski definition) is 4. The number of thiazole rings is 1. The lowest BCUT2D eigenvalue weighted by molar-refractivity contribution is 0.0952. The number of nitrogens with one attached hydrogen (secondary N) is 1. The van der Waals surface area contributed by atoms with Crippen LogP contribution in [0.15, 0.2) is 5.51 Å². The summed E-state index contributed by atoms with van der Waals surface area (Å²) in [5.41, 5.74) is 2.55. The number of carbonyl (C=O) groups excluding carboxylic acids is 1. The standard InChI is InChI=1S/C13H21N3OS/c1-11-12(18-10-15-11)13(17)14-6-9-16-7-4-2-3-5-8-16/h10H,2-9H2,1H3,(H,14,17). The molecule has 0 unspecified atom stereocenters. The predicted molar refractivity (Wildman–Crippen MR) is 74.1 cm³/mol. The Morgan fingerprint density at radius 1 is 1.39 bits per heavy atom. The van der Waals surface area contributed by atoms with Crippen LogP contribution < -0.4 is 5.32 Å². The molecule has 1 fully saturated rings. The summed E-state index contributed by atoms with van der Waals surface area (Å²) in [5.74, 6) is 0.0184. The summed E-state index contributed by atoms with van der Waals surface area (Å²) in [4.78, 5) is 19.2. The molecule has 2 rings (SSSR count). The average Bonchev–Trinajstić information content (AvgIpc) is 2.63. The smallest absolute Gasteiger partial charge is 0.263 e. The first-order valence-electron chi connectivity index (χ1n) is 6.68. The van der Waals surface area contributed by atoms with Crippen molar-refractivity contribution in [3.63, 3.8) is 0 Å². The summed E-state index contributed by atoms with van der Waals surface area (Å²) in [7, 11) is 0. The Hall–Kier alpha value is -0.940. The van der Waals surface area contributed by atoms with Crippen molar-refractivity contribution < 1.29 is 4.79 Å². The zero-order chi connectivity index (χ0) is 12.8.